The minimum Gasteiger partial charge on any atom is -0.421 e. The molecule has 1 unspecified atom stereocenters. The largest absolute Gasteiger partial charge is 0.449 e. The second-order valence-electron chi connectivity index (χ2n) is 10.2. The average Bonchev–Trinajstić information content (AvgIpc) is 3.01. The molecule has 230 valence electrons. The molecular formula is C37H43F3O3. The molecule has 2 rings (SSSR count). The van der Waals surface area contributed by atoms with E-state index in [9.17, 15) is 22.8 Å². The average molecular weight is 593 g/mol. The van der Waals surface area contributed by atoms with Gasteiger partial charge >= 0.3 is 12.1 Å². The van der Waals surface area contributed by atoms with Gasteiger partial charge in [-0.25, -0.2) is 0 Å². The molecule has 0 aromatic heterocycles. The zero-order valence-corrected chi connectivity index (χ0v) is 25.2. The highest BCUT2D eigenvalue weighted by Crippen LogP contribution is 2.29. The van der Waals surface area contributed by atoms with Crippen LogP contribution in [0.15, 0.2) is 115 Å². The lowest BCUT2D eigenvalue weighted by atomic mass is 9.97. The van der Waals surface area contributed by atoms with Gasteiger partial charge in [-0.3, -0.25) is 9.59 Å². The summed E-state index contributed by atoms with van der Waals surface area (Å²) in [6.45, 7) is 3.68. The number of ketones is 1. The van der Waals surface area contributed by atoms with Gasteiger partial charge in [-0.1, -0.05) is 123 Å². The van der Waals surface area contributed by atoms with E-state index in [4.69, 9.17) is 4.74 Å². The minimum absolute atomic E-state index is 0.0850. The first-order valence-electron chi connectivity index (χ1n) is 15.0. The highest BCUT2D eigenvalue weighted by Gasteiger charge is 2.38. The van der Waals surface area contributed by atoms with Gasteiger partial charge in [-0.15, -0.1) is 0 Å². The number of hydrogen-bond donors (Lipinski definition) is 0. The van der Waals surface area contributed by atoms with E-state index in [-0.39, 0.29) is 12.2 Å². The third-order valence-electron chi connectivity index (χ3n) is 6.67. The highest BCUT2D eigenvalue weighted by atomic mass is 19.4. The molecule has 0 fully saturated rings. The summed E-state index contributed by atoms with van der Waals surface area (Å²) in [4.78, 5) is 25.1. The molecule has 3 nitrogen and oxygen atoms in total. The van der Waals surface area contributed by atoms with Gasteiger partial charge in [0.25, 0.3) is 0 Å². The fourth-order valence-corrected chi connectivity index (χ4v) is 4.10. The monoisotopic (exact) mass is 592 g/mol. The van der Waals surface area contributed by atoms with Crippen molar-refractivity contribution in [2.45, 2.75) is 83.7 Å². The van der Waals surface area contributed by atoms with E-state index in [0.29, 0.717) is 29.5 Å². The lowest BCUT2D eigenvalue weighted by molar-refractivity contribution is -0.161. The molecule has 0 aliphatic carbocycles. The smallest absolute Gasteiger partial charge is 0.421 e. The molecular weight excluding hydrogens is 549 g/mol. The van der Waals surface area contributed by atoms with Gasteiger partial charge in [-0.05, 0) is 63.5 Å². The van der Waals surface area contributed by atoms with Crippen LogP contribution in [0.25, 0.3) is 0 Å². The topological polar surface area (TPSA) is 43.4 Å². The SMILES string of the molecule is CCCCC/C=C\C/C=C\C/C=C\C/C=C\CC/C=C(/OC(=O)C(C)c1ccc(C(=O)c2ccccc2)cc1)C(F)(F)F. The van der Waals surface area contributed by atoms with Crippen LogP contribution in [-0.2, 0) is 9.53 Å². The highest BCUT2D eigenvalue weighted by molar-refractivity contribution is 6.09. The maximum Gasteiger partial charge on any atom is 0.449 e. The Kier molecular flexibility index (Phi) is 16.5. The number of halogens is 3. The number of allylic oxidation sites excluding steroid dienone is 10. The molecule has 0 aliphatic heterocycles. The van der Waals surface area contributed by atoms with Crippen LogP contribution in [0.1, 0.15) is 99.0 Å². The summed E-state index contributed by atoms with van der Waals surface area (Å²) in [7, 11) is 0. The first-order valence-corrected chi connectivity index (χ1v) is 15.0. The quantitative estimate of drug-likeness (QED) is 0.0569. The van der Waals surface area contributed by atoms with Crippen molar-refractivity contribution in [3.8, 4) is 0 Å². The van der Waals surface area contributed by atoms with Crippen LogP contribution in [0.5, 0.6) is 0 Å². The van der Waals surface area contributed by atoms with E-state index in [2.05, 4.69) is 37.3 Å². The maximum absolute atomic E-state index is 13.5. The maximum atomic E-state index is 13.5. The number of ether oxygens (including phenoxy) is 1. The lowest BCUT2D eigenvalue weighted by Crippen LogP contribution is -2.21. The number of rotatable bonds is 18. The number of hydrogen-bond acceptors (Lipinski definition) is 3. The zero-order valence-electron chi connectivity index (χ0n) is 25.2. The molecule has 0 bridgehead atoms. The molecule has 1 atom stereocenters. The number of alkyl halides is 3. The van der Waals surface area contributed by atoms with Crippen LogP contribution in [0.2, 0.25) is 0 Å². The number of esters is 1. The predicted octanol–water partition coefficient (Wildman–Crippen LogP) is 10.8. The Morgan fingerprint density at radius 1 is 0.721 bits per heavy atom. The van der Waals surface area contributed by atoms with E-state index < -0.39 is 23.8 Å². The standard InChI is InChI=1S/C37H43F3O3/c1-3-4-5-6-7-8-9-10-11-12-13-14-15-16-17-18-22-25-34(37(38,39)40)43-36(42)30(2)31-26-28-33(29-27-31)35(41)32-23-20-19-21-24-32/h7-8,10-11,13-14,16-17,19-21,23-30H,3-6,9,12,15,18,22H2,1-2H3/b8-7-,11-10-,14-13-,17-16-,34-25+. The Balaban J connectivity index is 1.77. The van der Waals surface area contributed by atoms with Crippen LogP contribution in [-0.4, -0.2) is 17.9 Å². The zero-order chi connectivity index (χ0) is 31.3. The summed E-state index contributed by atoms with van der Waals surface area (Å²) >= 11 is 0. The Hall–Kier alpha value is -3.93. The van der Waals surface area contributed by atoms with Crippen LogP contribution in [0.4, 0.5) is 13.2 Å². The van der Waals surface area contributed by atoms with Crippen molar-refractivity contribution in [2.24, 2.45) is 0 Å². The van der Waals surface area contributed by atoms with Crippen molar-refractivity contribution in [1.82, 2.24) is 0 Å². The van der Waals surface area contributed by atoms with E-state index in [1.807, 2.05) is 24.3 Å². The van der Waals surface area contributed by atoms with Crippen molar-refractivity contribution >= 4 is 11.8 Å². The second kappa shape index (κ2) is 20.1. The van der Waals surface area contributed by atoms with Gasteiger partial charge in [0.15, 0.2) is 5.78 Å². The molecule has 0 radical (unpaired) electrons. The number of carbonyl (C=O) groups excluding carboxylic acids is 2. The molecule has 2 aromatic carbocycles. The number of unbranched alkanes of at least 4 members (excludes halogenated alkanes) is 4. The molecule has 0 saturated carbocycles. The lowest BCUT2D eigenvalue weighted by Gasteiger charge is -2.16. The van der Waals surface area contributed by atoms with E-state index >= 15 is 0 Å². The van der Waals surface area contributed by atoms with Crippen molar-refractivity contribution in [3.63, 3.8) is 0 Å². The van der Waals surface area contributed by atoms with Gasteiger partial charge in [0, 0.05) is 11.1 Å². The first kappa shape index (κ1) is 35.3. The molecule has 0 spiro atoms. The van der Waals surface area contributed by atoms with Crippen LogP contribution in [0, 0.1) is 0 Å². The molecule has 0 aliphatic rings. The molecule has 43 heavy (non-hydrogen) atoms. The number of carbonyl (C=O) groups is 2. The van der Waals surface area contributed by atoms with E-state index in [1.165, 1.54) is 26.2 Å². The van der Waals surface area contributed by atoms with Gasteiger partial charge in [-0.2, -0.15) is 13.2 Å². The Morgan fingerprint density at radius 2 is 1.26 bits per heavy atom. The second-order valence-corrected chi connectivity index (χ2v) is 10.2. The molecule has 0 saturated heterocycles. The van der Waals surface area contributed by atoms with Crippen LogP contribution >= 0.6 is 0 Å². The molecule has 0 amide bonds. The van der Waals surface area contributed by atoms with E-state index in [0.717, 1.165) is 25.3 Å². The fraction of sp³-hybridized carbons (Fsp3) is 0.351. The Morgan fingerprint density at radius 3 is 1.81 bits per heavy atom. The van der Waals surface area contributed by atoms with Crippen molar-refractivity contribution < 1.29 is 27.5 Å². The summed E-state index contributed by atoms with van der Waals surface area (Å²) in [6.07, 6.45) is 20.5. The van der Waals surface area contributed by atoms with Crippen LogP contribution in [0.3, 0.4) is 0 Å². The van der Waals surface area contributed by atoms with Gasteiger partial charge in [0.05, 0.1) is 5.92 Å². The third kappa shape index (κ3) is 14.2. The summed E-state index contributed by atoms with van der Waals surface area (Å²) in [6, 6.07) is 15.0. The third-order valence-corrected chi connectivity index (χ3v) is 6.67. The van der Waals surface area contributed by atoms with Gasteiger partial charge in [0.1, 0.15) is 0 Å². The van der Waals surface area contributed by atoms with Gasteiger partial charge < -0.3 is 4.74 Å². The fourth-order valence-electron chi connectivity index (χ4n) is 4.10. The van der Waals surface area contributed by atoms with Crippen molar-refractivity contribution in [1.29, 1.82) is 0 Å². The first-order chi connectivity index (χ1) is 20.7. The van der Waals surface area contributed by atoms with Gasteiger partial charge in [0.2, 0.25) is 5.76 Å². The Bertz CT molecular complexity index is 1250. The van der Waals surface area contributed by atoms with E-state index in [1.54, 1.807) is 48.5 Å². The summed E-state index contributed by atoms with van der Waals surface area (Å²) < 4.78 is 45.4. The summed E-state index contributed by atoms with van der Waals surface area (Å²) in [5.74, 6) is -3.45. The van der Waals surface area contributed by atoms with Crippen molar-refractivity contribution in [3.05, 3.63) is 132 Å². The van der Waals surface area contributed by atoms with Crippen molar-refractivity contribution in [2.75, 3.05) is 0 Å². The molecule has 6 heteroatoms. The van der Waals surface area contributed by atoms with Crippen LogP contribution < -0.4 is 0 Å². The predicted molar refractivity (Wildman–Crippen MR) is 169 cm³/mol. The summed E-state index contributed by atoms with van der Waals surface area (Å²) in [5, 5.41) is 0. The molecule has 0 heterocycles. The molecule has 0 N–H and O–H groups in total. The number of benzene rings is 2. The minimum atomic E-state index is -4.79. The normalized spacial score (nSPS) is 13.5. The molecule has 2 aromatic rings. The summed E-state index contributed by atoms with van der Waals surface area (Å²) in [5.41, 5.74) is 1.40. The Labute approximate surface area is 254 Å².